The van der Waals surface area contributed by atoms with Gasteiger partial charge < -0.3 is 10.2 Å². The number of rotatable bonds is 7. The first-order valence-corrected chi connectivity index (χ1v) is 7.99. The van der Waals surface area contributed by atoms with Crippen LogP contribution in [-0.2, 0) is 13.1 Å². The lowest BCUT2D eigenvalue weighted by Crippen LogP contribution is -2.22. The minimum atomic E-state index is 0.747. The Morgan fingerprint density at radius 2 is 2.25 bits per heavy atom. The van der Waals surface area contributed by atoms with Gasteiger partial charge in [0.05, 0.1) is 12.2 Å². The van der Waals surface area contributed by atoms with Gasteiger partial charge in [-0.2, -0.15) is 0 Å². The molecule has 4 nitrogen and oxygen atoms in total. The molecule has 0 bridgehead atoms. The molecule has 0 aromatic carbocycles. The highest BCUT2D eigenvalue weighted by Gasteiger charge is 2.20. The standard InChI is InChI=1S/C15H20N4S/c1-2-19(11-13-5-3-4-8-16-13)15-18-10-14(20-15)9-17-12-6-7-12/h3-5,8,10,12,17H,2,6-7,9,11H2,1H3. The molecule has 0 saturated heterocycles. The van der Waals surface area contributed by atoms with E-state index in [9.17, 15) is 0 Å². The van der Waals surface area contributed by atoms with Crippen LogP contribution in [-0.4, -0.2) is 22.6 Å². The van der Waals surface area contributed by atoms with Crippen LogP contribution in [0.4, 0.5) is 5.13 Å². The molecule has 5 heteroatoms. The summed E-state index contributed by atoms with van der Waals surface area (Å²) in [5.74, 6) is 0. The maximum atomic E-state index is 4.56. The Balaban J connectivity index is 1.62. The molecule has 0 unspecified atom stereocenters. The van der Waals surface area contributed by atoms with Crippen LogP contribution < -0.4 is 10.2 Å². The van der Waals surface area contributed by atoms with Gasteiger partial charge >= 0.3 is 0 Å². The van der Waals surface area contributed by atoms with E-state index in [1.807, 2.05) is 24.5 Å². The highest BCUT2D eigenvalue weighted by molar-refractivity contribution is 7.15. The summed E-state index contributed by atoms with van der Waals surface area (Å²) < 4.78 is 0. The predicted molar refractivity (Wildman–Crippen MR) is 82.9 cm³/mol. The Bertz CT molecular complexity index is 536. The number of nitrogens with one attached hydrogen (secondary N) is 1. The fourth-order valence-electron chi connectivity index (χ4n) is 2.06. The third-order valence-electron chi connectivity index (χ3n) is 3.41. The van der Waals surface area contributed by atoms with Gasteiger partial charge in [-0.1, -0.05) is 6.07 Å². The molecule has 0 spiro atoms. The van der Waals surface area contributed by atoms with E-state index in [0.717, 1.165) is 36.5 Å². The molecule has 0 amide bonds. The van der Waals surface area contributed by atoms with E-state index in [2.05, 4.69) is 33.2 Å². The zero-order chi connectivity index (χ0) is 13.8. The van der Waals surface area contributed by atoms with E-state index in [-0.39, 0.29) is 0 Å². The van der Waals surface area contributed by atoms with Crippen molar-refractivity contribution in [1.82, 2.24) is 15.3 Å². The lowest BCUT2D eigenvalue weighted by atomic mass is 10.3. The summed E-state index contributed by atoms with van der Waals surface area (Å²) >= 11 is 1.78. The average Bonchev–Trinajstić information content (AvgIpc) is 3.21. The number of pyridine rings is 1. The Kier molecular flexibility index (Phi) is 4.28. The van der Waals surface area contributed by atoms with E-state index in [1.54, 1.807) is 11.3 Å². The van der Waals surface area contributed by atoms with Crippen molar-refractivity contribution in [3.05, 3.63) is 41.2 Å². The summed E-state index contributed by atoms with van der Waals surface area (Å²) in [6.45, 7) is 4.87. The van der Waals surface area contributed by atoms with Gasteiger partial charge in [0.2, 0.25) is 0 Å². The van der Waals surface area contributed by atoms with Gasteiger partial charge in [0, 0.05) is 36.4 Å². The second kappa shape index (κ2) is 6.33. The largest absolute Gasteiger partial charge is 0.342 e. The van der Waals surface area contributed by atoms with Crippen LogP contribution >= 0.6 is 11.3 Å². The molecule has 2 heterocycles. The van der Waals surface area contributed by atoms with Crippen molar-refractivity contribution in [2.75, 3.05) is 11.4 Å². The molecule has 20 heavy (non-hydrogen) atoms. The molecule has 1 aliphatic carbocycles. The molecule has 2 aromatic rings. The highest BCUT2D eigenvalue weighted by Crippen LogP contribution is 2.25. The number of hydrogen-bond donors (Lipinski definition) is 1. The van der Waals surface area contributed by atoms with Crippen molar-refractivity contribution in [2.45, 2.75) is 38.9 Å². The van der Waals surface area contributed by atoms with Crippen LogP contribution in [0.5, 0.6) is 0 Å². The first-order chi connectivity index (χ1) is 9.85. The number of anilines is 1. The molecule has 1 N–H and O–H groups in total. The molecule has 2 aromatic heterocycles. The summed E-state index contributed by atoms with van der Waals surface area (Å²) in [5.41, 5.74) is 1.09. The maximum Gasteiger partial charge on any atom is 0.185 e. The summed E-state index contributed by atoms with van der Waals surface area (Å²) in [6, 6.07) is 6.79. The monoisotopic (exact) mass is 288 g/mol. The van der Waals surface area contributed by atoms with Gasteiger partial charge in [-0.25, -0.2) is 4.98 Å². The topological polar surface area (TPSA) is 41.1 Å². The number of aromatic nitrogens is 2. The molecule has 0 radical (unpaired) electrons. The number of thiazole rings is 1. The van der Waals surface area contributed by atoms with Crippen molar-refractivity contribution in [1.29, 1.82) is 0 Å². The van der Waals surface area contributed by atoms with Crippen LogP contribution in [0.25, 0.3) is 0 Å². The van der Waals surface area contributed by atoms with Gasteiger partial charge in [-0.15, -0.1) is 11.3 Å². The number of nitrogens with zero attached hydrogens (tertiary/aromatic N) is 3. The van der Waals surface area contributed by atoms with E-state index < -0.39 is 0 Å². The maximum absolute atomic E-state index is 4.56. The van der Waals surface area contributed by atoms with Gasteiger partial charge in [0.25, 0.3) is 0 Å². The first kappa shape index (κ1) is 13.5. The summed E-state index contributed by atoms with van der Waals surface area (Å²) in [7, 11) is 0. The molecule has 1 saturated carbocycles. The predicted octanol–water partition coefficient (Wildman–Crippen LogP) is 2.82. The van der Waals surface area contributed by atoms with Crippen LogP contribution in [0.1, 0.15) is 30.3 Å². The Hall–Kier alpha value is -1.46. The van der Waals surface area contributed by atoms with Crippen molar-refractivity contribution in [2.24, 2.45) is 0 Å². The second-order valence-electron chi connectivity index (χ2n) is 5.10. The van der Waals surface area contributed by atoms with E-state index >= 15 is 0 Å². The van der Waals surface area contributed by atoms with Gasteiger partial charge in [-0.3, -0.25) is 4.98 Å². The number of hydrogen-bond acceptors (Lipinski definition) is 5. The van der Waals surface area contributed by atoms with Gasteiger partial charge in [0.15, 0.2) is 5.13 Å². The minimum Gasteiger partial charge on any atom is -0.342 e. The first-order valence-electron chi connectivity index (χ1n) is 7.18. The molecule has 1 aliphatic rings. The lowest BCUT2D eigenvalue weighted by molar-refractivity contribution is 0.694. The van der Waals surface area contributed by atoms with E-state index in [4.69, 9.17) is 0 Å². The van der Waals surface area contributed by atoms with E-state index in [0.29, 0.717) is 0 Å². The molecule has 106 valence electrons. The summed E-state index contributed by atoms with van der Waals surface area (Å²) in [4.78, 5) is 12.5. The third kappa shape index (κ3) is 3.55. The quantitative estimate of drug-likeness (QED) is 0.850. The van der Waals surface area contributed by atoms with Gasteiger partial charge in [-0.05, 0) is 31.9 Å². The van der Waals surface area contributed by atoms with Crippen molar-refractivity contribution in [3.8, 4) is 0 Å². The summed E-state index contributed by atoms with van der Waals surface area (Å²) in [6.07, 6.45) is 6.49. The molecule has 0 aliphatic heterocycles. The molecule has 0 atom stereocenters. The fraction of sp³-hybridized carbons (Fsp3) is 0.467. The third-order valence-corrected chi connectivity index (χ3v) is 4.47. The molecule has 1 fully saturated rings. The smallest absolute Gasteiger partial charge is 0.185 e. The Morgan fingerprint density at radius 1 is 1.35 bits per heavy atom. The van der Waals surface area contributed by atoms with Crippen LogP contribution in [0, 0.1) is 0 Å². The normalized spacial score (nSPS) is 14.4. The highest BCUT2D eigenvalue weighted by atomic mass is 32.1. The Labute approximate surface area is 123 Å². The fourth-order valence-corrected chi connectivity index (χ4v) is 2.98. The molecular formula is C15H20N4S. The van der Waals surface area contributed by atoms with Gasteiger partial charge in [0.1, 0.15) is 0 Å². The lowest BCUT2D eigenvalue weighted by Gasteiger charge is -2.19. The summed E-state index contributed by atoms with van der Waals surface area (Å²) in [5, 5.41) is 4.62. The van der Waals surface area contributed by atoms with Crippen LogP contribution in [0.15, 0.2) is 30.6 Å². The second-order valence-corrected chi connectivity index (χ2v) is 6.19. The molecule has 3 rings (SSSR count). The SMILES string of the molecule is CCN(Cc1ccccn1)c1ncc(CNC2CC2)s1. The van der Waals surface area contributed by atoms with Crippen LogP contribution in [0.3, 0.4) is 0 Å². The van der Waals surface area contributed by atoms with Crippen molar-refractivity contribution < 1.29 is 0 Å². The van der Waals surface area contributed by atoms with Crippen LogP contribution in [0.2, 0.25) is 0 Å². The average molecular weight is 288 g/mol. The zero-order valence-corrected chi connectivity index (χ0v) is 12.6. The Morgan fingerprint density at radius 3 is 2.95 bits per heavy atom. The molecular weight excluding hydrogens is 268 g/mol. The minimum absolute atomic E-state index is 0.747. The van der Waals surface area contributed by atoms with Crippen molar-refractivity contribution >= 4 is 16.5 Å². The van der Waals surface area contributed by atoms with E-state index in [1.165, 1.54) is 17.7 Å². The zero-order valence-electron chi connectivity index (χ0n) is 11.7. The van der Waals surface area contributed by atoms with Crippen molar-refractivity contribution in [3.63, 3.8) is 0 Å².